The maximum atomic E-state index is 14.6. The number of nitrogens with zero attached hydrogens (tertiary/aromatic N) is 2. The van der Waals surface area contributed by atoms with Crippen LogP contribution in [0.5, 0.6) is 0 Å². The SMILES string of the molecule is Cc1cc(C)c(-c2cc3c4cc5c(cc4n4c6c(C)c7c8cc(C9(CC(C)(C)C)CCCCC9)cc9c%10cc%11c(cc%10n(c7c(C)c6c(c2)c34)c98)C(=O)C2CCC%11CC2)C(=O)C2CCC5CC2)c(C)c1. The Hall–Kier alpha value is -5.74. The molecule has 0 N–H and O–H groups in total. The number of carbonyl (C=O) groups is 2. The number of carbonyl (C=O) groups excluding carboxylic acids is 2. The lowest BCUT2D eigenvalue weighted by Gasteiger charge is -2.42. The second-order valence-electron chi connectivity index (χ2n) is 25.3. The first kappa shape index (κ1) is 42.0. The van der Waals surface area contributed by atoms with Crippen molar-refractivity contribution < 1.29 is 9.59 Å². The third-order valence-corrected chi connectivity index (χ3v) is 19.8. The number of rotatable bonds is 3. The van der Waals surface area contributed by atoms with E-state index >= 15 is 0 Å². The van der Waals surface area contributed by atoms with E-state index in [1.165, 1.54) is 170 Å². The lowest BCUT2D eigenvalue weighted by atomic mass is 9.62. The van der Waals surface area contributed by atoms with Gasteiger partial charge >= 0.3 is 0 Å². The van der Waals surface area contributed by atoms with Gasteiger partial charge in [0.1, 0.15) is 0 Å². The number of ketones is 2. The molecule has 7 aliphatic carbocycles. The summed E-state index contributed by atoms with van der Waals surface area (Å²) in [5, 5.41) is 10.6. The first-order valence-electron chi connectivity index (χ1n) is 27.4. The van der Waals surface area contributed by atoms with E-state index in [1.54, 1.807) is 0 Å². The van der Waals surface area contributed by atoms with E-state index < -0.39 is 0 Å². The van der Waals surface area contributed by atoms with Crippen LogP contribution in [0.25, 0.3) is 87.3 Å². The molecular weight excluding hydrogens is 853 g/mol. The molecule has 3 fully saturated rings. The van der Waals surface area contributed by atoms with E-state index in [0.717, 1.165) is 62.5 Å². The normalized spacial score (nSPS) is 22.6. The fraction of sp³-hybridized carbons (Fsp3) is 0.424. The van der Waals surface area contributed by atoms with E-state index in [4.69, 9.17) is 0 Å². The summed E-state index contributed by atoms with van der Waals surface area (Å²) in [5.41, 5.74) is 23.0. The summed E-state index contributed by atoms with van der Waals surface area (Å²) < 4.78 is 5.25. The molecule has 0 spiro atoms. The summed E-state index contributed by atoms with van der Waals surface area (Å²) in [6, 6.07) is 24.7. The minimum atomic E-state index is 0.101. The third kappa shape index (κ3) is 5.39. The van der Waals surface area contributed by atoms with E-state index in [9.17, 15) is 9.59 Å². The Morgan fingerprint density at radius 2 is 0.943 bits per heavy atom. The van der Waals surface area contributed by atoms with Crippen molar-refractivity contribution in [3.05, 3.63) is 116 Å². The van der Waals surface area contributed by atoms with E-state index in [-0.39, 0.29) is 22.7 Å². The van der Waals surface area contributed by atoms with Gasteiger partial charge in [0.25, 0.3) is 0 Å². The monoisotopic (exact) mass is 919 g/mol. The standard InChI is InChI=1S/C66H66N2O2/c1-33-22-34(2)56(35(3)23-33)42-24-48-46-28-44-38-12-16-40(17-13-38)63(69)50(44)30-54(46)67-59-37(5)58-53-27-43(66(32-65(6,7)8)20-10-9-11-21-66)26-49-47-29-45-39-14-18-41(19-15-39)64(70)51(45)31-55(47)68(62(49)53)60(58)36(4)57(59)52(25-42)61(48)67/h22-31,38-41H,9-21,32H2,1-8H3. The molecule has 4 bridgehead atoms. The predicted octanol–water partition coefficient (Wildman–Crippen LogP) is 17.8. The Morgan fingerprint density at radius 3 is 1.44 bits per heavy atom. The van der Waals surface area contributed by atoms with Crippen molar-refractivity contribution >= 4 is 87.8 Å². The highest BCUT2D eigenvalue weighted by Gasteiger charge is 2.41. The van der Waals surface area contributed by atoms with E-state index in [0.29, 0.717) is 23.4 Å². The van der Waals surface area contributed by atoms with Crippen LogP contribution >= 0.6 is 0 Å². The van der Waals surface area contributed by atoms with Crippen LogP contribution in [0.2, 0.25) is 0 Å². The van der Waals surface area contributed by atoms with E-state index in [2.05, 4.69) is 125 Å². The molecule has 70 heavy (non-hydrogen) atoms. The number of benzene rings is 6. The summed E-state index contributed by atoms with van der Waals surface area (Å²) in [7, 11) is 0. The van der Waals surface area contributed by atoms with E-state index in [1.807, 2.05) is 0 Å². The molecule has 4 aromatic heterocycles. The minimum absolute atomic E-state index is 0.101. The van der Waals surface area contributed by atoms with Gasteiger partial charge in [-0.1, -0.05) is 57.7 Å². The molecule has 0 unspecified atom stereocenters. The van der Waals surface area contributed by atoms with Crippen LogP contribution < -0.4 is 0 Å². The smallest absolute Gasteiger partial charge is 0.166 e. The molecule has 7 aliphatic rings. The first-order valence-corrected chi connectivity index (χ1v) is 27.4. The highest BCUT2D eigenvalue weighted by atomic mass is 16.1. The topological polar surface area (TPSA) is 43.0 Å². The molecule has 10 aromatic rings. The van der Waals surface area contributed by atoms with Crippen LogP contribution in [-0.2, 0) is 5.41 Å². The van der Waals surface area contributed by atoms with Crippen LogP contribution in [0.3, 0.4) is 0 Å². The lowest BCUT2D eigenvalue weighted by molar-refractivity contribution is 0.0891. The molecule has 6 aromatic carbocycles. The van der Waals surface area contributed by atoms with Gasteiger partial charge in [0.2, 0.25) is 0 Å². The van der Waals surface area contributed by atoms with Crippen molar-refractivity contribution in [3.63, 3.8) is 0 Å². The molecule has 3 saturated carbocycles. The molecular formula is C66H66N2O2. The van der Waals surface area contributed by atoms with Gasteiger partial charge in [-0.2, -0.15) is 0 Å². The number of fused-ring (bicyclic) bond motifs is 16. The molecule has 0 aliphatic heterocycles. The second-order valence-corrected chi connectivity index (χ2v) is 25.3. The summed E-state index contributed by atoms with van der Waals surface area (Å²) in [4.78, 5) is 29.1. The Morgan fingerprint density at radius 1 is 0.500 bits per heavy atom. The van der Waals surface area contributed by atoms with Crippen LogP contribution in [0, 0.1) is 51.9 Å². The molecule has 352 valence electrons. The molecule has 4 heteroatoms. The van der Waals surface area contributed by atoms with Crippen LogP contribution in [0.4, 0.5) is 0 Å². The summed E-state index contributed by atoms with van der Waals surface area (Å²) in [6.45, 7) is 18.9. The summed E-state index contributed by atoms with van der Waals surface area (Å²) >= 11 is 0. The molecule has 0 radical (unpaired) electrons. The molecule has 17 rings (SSSR count). The number of aromatic nitrogens is 2. The Kier molecular flexibility index (Phi) is 8.41. The van der Waals surface area contributed by atoms with Crippen LogP contribution in [0.1, 0.15) is 188 Å². The fourth-order valence-corrected chi connectivity index (χ4v) is 17.2. The predicted molar refractivity (Wildman–Crippen MR) is 292 cm³/mol. The van der Waals surface area contributed by atoms with Crippen molar-refractivity contribution in [2.75, 3.05) is 0 Å². The average Bonchev–Trinajstić information content (AvgIpc) is 3.98. The average molecular weight is 919 g/mol. The molecule has 0 amide bonds. The van der Waals surface area contributed by atoms with Crippen molar-refractivity contribution in [1.29, 1.82) is 0 Å². The van der Waals surface area contributed by atoms with Crippen molar-refractivity contribution in [2.24, 2.45) is 17.3 Å². The number of aryl methyl sites for hydroxylation is 5. The Labute approximate surface area is 411 Å². The zero-order valence-electron chi connectivity index (χ0n) is 42.7. The molecule has 0 saturated heterocycles. The van der Waals surface area contributed by atoms with Gasteiger partial charge in [-0.15, -0.1) is 0 Å². The second kappa shape index (κ2) is 14.0. The van der Waals surface area contributed by atoms with Gasteiger partial charge in [-0.3, -0.25) is 9.59 Å². The van der Waals surface area contributed by atoms with Crippen molar-refractivity contribution in [3.8, 4) is 11.1 Å². The van der Waals surface area contributed by atoms with Crippen LogP contribution in [-0.4, -0.2) is 20.4 Å². The Balaban J connectivity index is 1.14. The number of hydrogen-bond acceptors (Lipinski definition) is 2. The zero-order chi connectivity index (χ0) is 47.6. The highest BCUT2D eigenvalue weighted by molar-refractivity contribution is 6.32. The van der Waals surface area contributed by atoms with Gasteiger partial charge in [0, 0.05) is 66.1 Å². The quantitative estimate of drug-likeness (QED) is 0.177. The van der Waals surface area contributed by atoms with Gasteiger partial charge in [-0.25, -0.2) is 0 Å². The summed E-state index contributed by atoms with van der Waals surface area (Å²) in [5.74, 6) is 1.91. The molecule has 0 atom stereocenters. The maximum Gasteiger partial charge on any atom is 0.166 e. The maximum absolute atomic E-state index is 14.6. The van der Waals surface area contributed by atoms with Gasteiger partial charge in [0.15, 0.2) is 11.6 Å². The first-order chi connectivity index (χ1) is 33.7. The molecule has 4 heterocycles. The fourth-order valence-electron chi connectivity index (χ4n) is 17.2. The summed E-state index contributed by atoms with van der Waals surface area (Å²) in [6.07, 6.45) is 16.0. The number of Topliss-reactive ketones (excluding diaryl/α,β-unsaturated/α-hetero) is 2. The third-order valence-electron chi connectivity index (χ3n) is 19.8. The van der Waals surface area contributed by atoms with Gasteiger partial charge < -0.3 is 8.80 Å². The highest BCUT2D eigenvalue weighted by Crippen LogP contribution is 2.55. The largest absolute Gasteiger partial charge is 0.308 e. The van der Waals surface area contributed by atoms with Crippen molar-refractivity contribution in [2.45, 2.75) is 163 Å². The minimum Gasteiger partial charge on any atom is -0.308 e. The molecule has 4 nitrogen and oxygen atoms in total. The van der Waals surface area contributed by atoms with Gasteiger partial charge in [0.05, 0.1) is 33.1 Å². The van der Waals surface area contributed by atoms with Crippen LogP contribution in [0.15, 0.2) is 60.7 Å². The number of hydrogen-bond donors (Lipinski definition) is 0. The zero-order valence-corrected chi connectivity index (χ0v) is 42.7. The lowest BCUT2D eigenvalue weighted by Crippen LogP contribution is -2.33. The van der Waals surface area contributed by atoms with Gasteiger partial charge in [-0.05, 0) is 227 Å². The van der Waals surface area contributed by atoms with Crippen molar-refractivity contribution in [1.82, 2.24) is 8.80 Å². The Bertz CT molecular complexity index is 3970.